The van der Waals surface area contributed by atoms with Crippen LogP contribution in [0.4, 0.5) is 0 Å². The largest absolute Gasteiger partial charge is 0.217 e. The van der Waals surface area contributed by atoms with E-state index in [0.717, 1.165) is 56.0 Å². The van der Waals surface area contributed by atoms with Gasteiger partial charge < -0.3 is 0 Å². The summed E-state index contributed by atoms with van der Waals surface area (Å²) in [4.78, 5) is 14.3. The van der Waals surface area contributed by atoms with E-state index < -0.39 is 0 Å². The quantitative estimate of drug-likeness (QED) is 0.504. The first-order valence-electron chi connectivity index (χ1n) is 9.07. The first-order chi connectivity index (χ1) is 12.4. The van der Waals surface area contributed by atoms with Crippen molar-refractivity contribution < 1.29 is 0 Å². The van der Waals surface area contributed by atoms with Crippen molar-refractivity contribution >= 4 is 5.57 Å². The second kappa shape index (κ2) is 9.07. The van der Waals surface area contributed by atoms with Crippen LogP contribution in [0, 0.1) is 0 Å². The second-order valence-electron chi connectivity index (χ2n) is 6.29. The number of nitrogens with zero attached hydrogens (tertiary/aromatic N) is 3. The Kier molecular flexibility index (Phi) is 6.27. The third-order valence-electron chi connectivity index (χ3n) is 4.32. The van der Waals surface area contributed by atoms with Gasteiger partial charge in [-0.15, -0.1) is 6.58 Å². The van der Waals surface area contributed by atoms with Crippen molar-refractivity contribution in [3.05, 3.63) is 84.8 Å². The molecule has 0 saturated heterocycles. The van der Waals surface area contributed by atoms with Crippen LogP contribution in [-0.4, -0.2) is 15.0 Å². The van der Waals surface area contributed by atoms with E-state index in [2.05, 4.69) is 61.3 Å². The van der Waals surface area contributed by atoms with Crippen LogP contribution >= 0.6 is 0 Å². The second-order valence-corrected chi connectivity index (χ2v) is 6.29. The predicted octanol–water partition coefficient (Wildman–Crippen LogP) is 5.27. The monoisotopic (exact) mass is 331 g/mol. The lowest BCUT2D eigenvalue weighted by Gasteiger charge is -2.15. The highest BCUT2D eigenvalue weighted by atomic mass is 15.0. The first kappa shape index (κ1) is 17.3. The third-order valence-corrected chi connectivity index (χ3v) is 4.32. The molecule has 1 heterocycles. The number of hydrogen-bond donors (Lipinski definition) is 0. The molecule has 1 aromatic heterocycles. The highest BCUT2D eigenvalue weighted by Crippen LogP contribution is 2.25. The van der Waals surface area contributed by atoms with Crippen LogP contribution in [-0.2, 0) is 6.42 Å². The van der Waals surface area contributed by atoms with Crippen LogP contribution in [0.5, 0.6) is 0 Å². The minimum Gasteiger partial charge on any atom is -0.217 e. The van der Waals surface area contributed by atoms with Crippen molar-refractivity contribution in [2.24, 2.45) is 0 Å². The summed E-state index contributed by atoms with van der Waals surface area (Å²) in [7, 11) is 0. The van der Waals surface area contributed by atoms with Gasteiger partial charge in [0.05, 0.1) is 0 Å². The normalized spacial score (nSPS) is 19.4. The molecule has 0 radical (unpaired) electrons. The molecular formula is C22H25N3. The lowest BCUT2D eigenvalue weighted by molar-refractivity contribution is 0.731. The number of unbranched alkanes of at least 4 members (excludes halogenated alkanes) is 1. The van der Waals surface area contributed by atoms with E-state index in [1.54, 1.807) is 0 Å². The summed E-state index contributed by atoms with van der Waals surface area (Å²) in [6.07, 6.45) is 26.9. The summed E-state index contributed by atoms with van der Waals surface area (Å²) in [5.41, 5.74) is 1.21. The summed E-state index contributed by atoms with van der Waals surface area (Å²) >= 11 is 0. The molecule has 0 bridgehead atoms. The maximum Gasteiger partial charge on any atom is 0.159 e. The zero-order valence-electron chi connectivity index (χ0n) is 14.6. The molecule has 3 heteroatoms. The van der Waals surface area contributed by atoms with Crippen LogP contribution in [0.3, 0.4) is 0 Å². The molecule has 0 aromatic carbocycles. The Morgan fingerprint density at radius 2 is 2.00 bits per heavy atom. The standard InChI is InChI=1S/C22H25N3/c1-2-3-4-5-12-17-20-23-21(18-13-8-6-9-14-18)25-22(24-20)19-15-10-7-11-16-19/h2,5-10,12-13,15,18H,1,3-4,11,14,16-17H2/b12-5-/t18-/m1/s1. The van der Waals surface area contributed by atoms with Crippen molar-refractivity contribution in [1.29, 1.82) is 0 Å². The summed E-state index contributed by atoms with van der Waals surface area (Å²) in [5, 5.41) is 0. The molecule has 2 aliphatic rings. The van der Waals surface area contributed by atoms with Crippen LogP contribution in [0.15, 0.2) is 67.3 Å². The van der Waals surface area contributed by atoms with Gasteiger partial charge in [0.2, 0.25) is 0 Å². The Morgan fingerprint density at radius 3 is 2.76 bits per heavy atom. The van der Waals surface area contributed by atoms with Crippen molar-refractivity contribution in [1.82, 2.24) is 15.0 Å². The molecule has 3 nitrogen and oxygen atoms in total. The topological polar surface area (TPSA) is 38.7 Å². The fourth-order valence-electron chi connectivity index (χ4n) is 2.92. The van der Waals surface area contributed by atoms with Crippen LogP contribution in [0.2, 0.25) is 0 Å². The van der Waals surface area contributed by atoms with Gasteiger partial charge in [0, 0.05) is 12.3 Å². The molecule has 128 valence electrons. The number of hydrogen-bond acceptors (Lipinski definition) is 3. The van der Waals surface area contributed by atoms with Crippen molar-refractivity contribution in [2.75, 3.05) is 0 Å². The van der Waals surface area contributed by atoms with Gasteiger partial charge in [0.15, 0.2) is 5.82 Å². The van der Waals surface area contributed by atoms with Crippen LogP contribution in [0.25, 0.3) is 5.57 Å². The molecule has 0 aliphatic heterocycles. The van der Waals surface area contributed by atoms with E-state index in [1.807, 2.05) is 6.08 Å². The van der Waals surface area contributed by atoms with Crippen LogP contribution in [0.1, 0.15) is 55.5 Å². The average molecular weight is 331 g/mol. The maximum absolute atomic E-state index is 4.79. The van der Waals surface area contributed by atoms with Gasteiger partial charge in [0.25, 0.3) is 0 Å². The molecule has 0 amide bonds. The molecule has 0 saturated carbocycles. The maximum atomic E-state index is 4.79. The summed E-state index contributed by atoms with van der Waals surface area (Å²) < 4.78 is 0. The van der Waals surface area contributed by atoms with Crippen molar-refractivity contribution in [2.45, 2.75) is 44.4 Å². The Balaban J connectivity index is 1.85. The van der Waals surface area contributed by atoms with E-state index in [-0.39, 0.29) is 5.92 Å². The van der Waals surface area contributed by atoms with E-state index in [9.17, 15) is 0 Å². The number of allylic oxidation sites excluding steroid dienone is 11. The molecule has 0 fully saturated rings. The first-order valence-corrected chi connectivity index (χ1v) is 9.07. The smallest absolute Gasteiger partial charge is 0.159 e. The zero-order valence-corrected chi connectivity index (χ0v) is 14.6. The van der Waals surface area contributed by atoms with E-state index in [1.165, 1.54) is 5.57 Å². The van der Waals surface area contributed by atoms with Gasteiger partial charge in [-0.1, -0.05) is 60.8 Å². The Hall–Kier alpha value is -2.55. The molecule has 0 spiro atoms. The van der Waals surface area contributed by atoms with Gasteiger partial charge in [-0.25, -0.2) is 15.0 Å². The van der Waals surface area contributed by atoms with E-state index in [0.29, 0.717) is 0 Å². The predicted molar refractivity (Wildman–Crippen MR) is 104 cm³/mol. The minimum atomic E-state index is 0.245. The average Bonchev–Trinajstić information content (AvgIpc) is 2.69. The third kappa shape index (κ3) is 4.96. The van der Waals surface area contributed by atoms with Gasteiger partial charge >= 0.3 is 0 Å². The Bertz CT molecular complexity index is 751. The van der Waals surface area contributed by atoms with Crippen molar-refractivity contribution in [3.8, 4) is 0 Å². The number of aromatic nitrogens is 3. The summed E-state index contributed by atoms with van der Waals surface area (Å²) in [6.45, 7) is 3.75. The molecule has 3 rings (SSSR count). The molecule has 25 heavy (non-hydrogen) atoms. The van der Waals surface area contributed by atoms with Crippen molar-refractivity contribution in [3.63, 3.8) is 0 Å². The molecule has 1 aromatic rings. The molecule has 1 atom stereocenters. The van der Waals surface area contributed by atoms with Gasteiger partial charge in [0.1, 0.15) is 11.6 Å². The Morgan fingerprint density at radius 1 is 1.04 bits per heavy atom. The number of rotatable bonds is 7. The minimum absolute atomic E-state index is 0.245. The molecular weight excluding hydrogens is 306 g/mol. The molecule has 0 N–H and O–H groups in total. The summed E-state index contributed by atoms with van der Waals surface area (Å²) in [5.74, 6) is 2.82. The van der Waals surface area contributed by atoms with Gasteiger partial charge in [-0.3, -0.25) is 0 Å². The van der Waals surface area contributed by atoms with E-state index >= 15 is 0 Å². The zero-order chi connectivity index (χ0) is 17.3. The molecule has 0 unspecified atom stereocenters. The highest BCUT2D eigenvalue weighted by Gasteiger charge is 2.16. The van der Waals surface area contributed by atoms with E-state index in [4.69, 9.17) is 15.0 Å². The highest BCUT2D eigenvalue weighted by molar-refractivity contribution is 5.63. The van der Waals surface area contributed by atoms with Gasteiger partial charge in [-0.05, 0) is 37.7 Å². The van der Waals surface area contributed by atoms with Crippen LogP contribution < -0.4 is 0 Å². The van der Waals surface area contributed by atoms with Gasteiger partial charge in [-0.2, -0.15) is 0 Å². The fraction of sp³-hybridized carbons (Fsp3) is 0.318. The Labute approximate surface area is 150 Å². The fourth-order valence-corrected chi connectivity index (χ4v) is 2.92. The molecule has 2 aliphatic carbocycles. The SMILES string of the molecule is C=CCC/C=C\Cc1nc(C2=CC=CCC2)nc([C@@H]2C=CC=CC2)n1. The summed E-state index contributed by atoms with van der Waals surface area (Å²) in [6, 6.07) is 0. The lowest BCUT2D eigenvalue weighted by atomic mass is 9.99. The lowest BCUT2D eigenvalue weighted by Crippen LogP contribution is -2.11.